The minimum absolute atomic E-state index is 0.255. The third-order valence-electron chi connectivity index (χ3n) is 2.76. The molecule has 94 valence electrons. The molecule has 0 aromatic rings. The van der Waals surface area contributed by atoms with Crippen LogP contribution in [-0.4, -0.2) is 55.4 Å². The monoisotopic (exact) mass is 251 g/mol. The summed E-state index contributed by atoms with van der Waals surface area (Å²) in [6.07, 6.45) is 0.375. The van der Waals surface area contributed by atoms with Crippen LogP contribution in [0.1, 0.15) is 19.8 Å². The molecule has 0 aromatic heterocycles. The van der Waals surface area contributed by atoms with Crippen LogP contribution >= 0.6 is 0 Å². The van der Waals surface area contributed by atoms with Crippen molar-refractivity contribution in [2.45, 2.75) is 31.1 Å². The van der Waals surface area contributed by atoms with Crippen molar-refractivity contribution in [2.24, 2.45) is 0 Å². The van der Waals surface area contributed by atoms with E-state index < -0.39 is 27.3 Å². The van der Waals surface area contributed by atoms with Crippen molar-refractivity contribution in [3.8, 4) is 0 Å². The summed E-state index contributed by atoms with van der Waals surface area (Å²) in [4.78, 5) is 11.2. The molecule has 0 saturated carbocycles. The molecule has 0 radical (unpaired) electrons. The number of aliphatic hydroxyl groups is 1. The normalized spacial score (nSPS) is 21.7. The van der Waals surface area contributed by atoms with Gasteiger partial charge in [0, 0.05) is 13.1 Å². The molecule has 1 unspecified atom stereocenters. The van der Waals surface area contributed by atoms with Crippen LogP contribution in [0.25, 0.3) is 0 Å². The zero-order valence-corrected chi connectivity index (χ0v) is 10.2. The number of ether oxygens (including phenoxy) is 1. The molecule has 1 fully saturated rings. The summed E-state index contributed by atoms with van der Waals surface area (Å²) in [6, 6.07) is 0. The second-order valence-electron chi connectivity index (χ2n) is 3.84. The first kappa shape index (κ1) is 13.4. The van der Waals surface area contributed by atoms with E-state index in [1.165, 1.54) is 11.2 Å². The van der Waals surface area contributed by atoms with E-state index >= 15 is 0 Å². The summed E-state index contributed by atoms with van der Waals surface area (Å²) >= 11 is 0. The fourth-order valence-corrected chi connectivity index (χ4v) is 3.11. The van der Waals surface area contributed by atoms with E-state index in [2.05, 4.69) is 4.74 Å². The highest BCUT2D eigenvalue weighted by molar-refractivity contribution is 7.90. The van der Waals surface area contributed by atoms with Crippen LogP contribution in [0.4, 0.5) is 0 Å². The smallest absolute Gasteiger partial charge is 0.325 e. The predicted octanol–water partition coefficient (Wildman–Crippen LogP) is -0.666. The molecule has 1 N–H and O–H groups in total. The Morgan fingerprint density at radius 2 is 1.94 bits per heavy atom. The molecule has 1 aliphatic rings. The molecule has 0 aromatic carbocycles. The molecule has 1 saturated heterocycles. The van der Waals surface area contributed by atoms with E-state index in [0.717, 1.165) is 7.11 Å². The summed E-state index contributed by atoms with van der Waals surface area (Å²) in [6.45, 7) is 1.82. The third kappa shape index (κ3) is 2.72. The second kappa shape index (κ2) is 5.11. The van der Waals surface area contributed by atoms with E-state index in [1.54, 1.807) is 0 Å². The first-order valence-corrected chi connectivity index (χ1v) is 6.64. The Bertz CT molecular complexity index is 345. The Labute approximate surface area is 95.2 Å². The Kier molecular flexibility index (Phi) is 4.28. The summed E-state index contributed by atoms with van der Waals surface area (Å²) in [5.74, 6) is -0.758. The second-order valence-corrected chi connectivity index (χ2v) is 6.09. The average molecular weight is 251 g/mol. The van der Waals surface area contributed by atoms with Gasteiger partial charge in [0.05, 0.1) is 13.2 Å². The van der Waals surface area contributed by atoms with Gasteiger partial charge in [0.25, 0.3) is 0 Å². The predicted molar refractivity (Wildman–Crippen MR) is 57.2 cm³/mol. The van der Waals surface area contributed by atoms with Crippen molar-refractivity contribution < 1.29 is 23.1 Å². The van der Waals surface area contributed by atoms with E-state index in [1.807, 2.05) is 0 Å². The largest absolute Gasteiger partial charge is 0.468 e. The fraction of sp³-hybridized carbons (Fsp3) is 0.889. The van der Waals surface area contributed by atoms with Crippen molar-refractivity contribution in [3.05, 3.63) is 0 Å². The van der Waals surface area contributed by atoms with Gasteiger partial charge >= 0.3 is 5.97 Å². The van der Waals surface area contributed by atoms with Gasteiger partial charge in [-0.15, -0.1) is 0 Å². The van der Waals surface area contributed by atoms with Crippen LogP contribution in [-0.2, 0) is 19.6 Å². The number of piperidine rings is 1. The highest BCUT2D eigenvalue weighted by Gasteiger charge is 2.36. The summed E-state index contributed by atoms with van der Waals surface area (Å²) in [5.41, 5.74) is 0. The van der Waals surface area contributed by atoms with Crippen molar-refractivity contribution in [2.75, 3.05) is 20.2 Å². The van der Waals surface area contributed by atoms with E-state index in [0.29, 0.717) is 12.8 Å². The summed E-state index contributed by atoms with van der Waals surface area (Å²) in [5, 5.41) is 8.09. The minimum atomic E-state index is -3.65. The highest BCUT2D eigenvalue weighted by Crippen LogP contribution is 2.17. The number of hydrogen-bond donors (Lipinski definition) is 1. The van der Waals surface area contributed by atoms with E-state index in [9.17, 15) is 18.3 Å². The van der Waals surface area contributed by atoms with Gasteiger partial charge in [0.15, 0.2) is 5.25 Å². The Hall–Kier alpha value is -0.660. The molecule has 1 atom stereocenters. The first-order chi connectivity index (χ1) is 7.39. The van der Waals surface area contributed by atoms with Crippen LogP contribution < -0.4 is 0 Å². The lowest BCUT2D eigenvalue weighted by atomic mass is 10.1. The molecule has 1 aliphatic heterocycles. The van der Waals surface area contributed by atoms with Gasteiger partial charge in [-0.2, -0.15) is 0 Å². The summed E-state index contributed by atoms with van der Waals surface area (Å²) in [7, 11) is -2.49. The van der Waals surface area contributed by atoms with E-state index in [4.69, 9.17) is 0 Å². The molecular formula is C9H17NO5S. The maximum atomic E-state index is 11.9. The van der Waals surface area contributed by atoms with Crippen molar-refractivity contribution >= 4 is 16.0 Å². The van der Waals surface area contributed by atoms with Gasteiger partial charge in [0.1, 0.15) is 0 Å². The van der Waals surface area contributed by atoms with Crippen LogP contribution in [0.5, 0.6) is 0 Å². The van der Waals surface area contributed by atoms with Crippen molar-refractivity contribution in [3.63, 3.8) is 0 Å². The number of hydrogen-bond acceptors (Lipinski definition) is 5. The molecule has 0 amide bonds. The van der Waals surface area contributed by atoms with Crippen LogP contribution in [0.15, 0.2) is 0 Å². The average Bonchev–Trinajstić information content (AvgIpc) is 2.27. The highest BCUT2D eigenvalue weighted by atomic mass is 32.2. The Morgan fingerprint density at radius 3 is 2.38 bits per heavy atom. The maximum Gasteiger partial charge on any atom is 0.325 e. The molecule has 0 aliphatic carbocycles. The minimum Gasteiger partial charge on any atom is -0.468 e. The van der Waals surface area contributed by atoms with Crippen molar-refractivity contribution in [1.82, 2.24) is 4.31 Å². The zero-order chi connectivity index (χ0) is 12.3. The van der Waals surface area contributed by atoms with Gasteiger partial charge in [-0.05, 0) is 19.8 Å². The molecule has 6 nitrogen and oxygen atoms in total. The topological polar surface area (TPSA) is 83.9 Å². The molecule has 0 bridgehead atoms. The molecular weight excluding hydrogens is 234 g/mol. The van der Waals surface area contributed by atoms with Gasteiger partial charge in [-0.3, -0.25) is 4.79 Å². The molecule has 1 heterocycles. The van der Waals surface area contributed by atoms with Crippen LogP contribution in [0, 0.1) is 0 Å². The number of methoxy groups -OCH3 is 1. The zero-order valence-electron chi connectivity index (χ0n) is 9.42. The Morgan fingerprint density at radius 1 is 1.44 bits per heavy atom. The van der Waals surface area contributed by atoms with Gasteiger partial charge in [0.2, 0.25) is 10.0 Å². The number of sulfonamides is 1. The van der Waals surface area contributed by atoms with Crippen LogP contribution in [0.3, 0.4) is 0 Å². The van der Waals surface area contributed by atoms with Gasteiger partial charge in [-0.25, -0.2) is 12.7 Å². The molecule has 1 rings (SSSR count). The number of esters is 1. The lowest BCUT2D eigenvalue weighted by molar-refractivity contribution is -0.139. The number of carbonyl (C=O) groups is 1. The van der Waals surface area contributed by atoms with E-state index in [-0.39, 0.29) is 13.1 Å². The number of aliphatic hydroxyl groups excluding tert-OH is 1. The standard InChI is InChI=1S/C9H17NO5S/c1-7(9(12)15-2)16(13,14)10-5-3-8(11)4-6-10/h7-8,11H,3-6H2,1-2H3. The van der Waals surface area contributed by atoms with Crippen molar-refractivity contribution in [1.29, 1.82) is 0 Å². The van der Waals surface area contributed by atoms with Gasteiger partial charge in [-0.1, -0.05) is 0 Å². The lowest BCUT2D eigenvalue weighted by Crippen LogP contribution is -2.46. The Balaban J connectivity index is 2.74. The number of carbonyl (C=O) groups excluding carboxylic acids is 1. The lowest BCUT2D eigenvalue weighted by Gasteiger charge is -2.30. The number of nitrogens with zero attached hydrogens (tertiary/aromatic N) is 1. The maximum absolute atomic E-state index is 11.9. The molecule has 7 heteroatoms. The number of rotatable bonds is 3. The fourth-order valence-electron chi connectivity index (χ4n) is 1.61. The van der Waals surface area contributed by atoms with Gasteiger partial charge < -0.3 is 9.84 Å². The SMILES string of the molecule is COC(=O)C(C)S(=O)(=O)N1CCC(O)CC1. The molecule has 0 spiro atoms. The third-order valence-corrected chi connectivity index (χ3v) is 4.93. The first-order valence-electron chi connectivity index (χ1n) is 5.14. The van der Waals surface area contributed by atoms with Crippen LogP contribution in [0.2, 0.25) is 0 Å². The summed E-state index contributed by atoms with van der Waals surface area (Å²) < 4.78 is 29.5. The molecule has 16 heavy (non-hydrogen) atoms. The quantitative estimate of drug-likeness (QED) is 0.673.